The summed E-state index contributed by atoms with van der Waals surface area (Å²) in [5.74, 6) is -1.46. The molecule has 0 bridgehead atoms. The fraction of sp³-hybridized carbons (Fsp3) is 0.455. The quantitative estimate of drug-likeness (QED) is 0.256. The van der Waals surface area contributed by atoms with E-state index in [-0.39, 0.29) is 30.6 Å². The maximum atomic E-state index is 13.6. The van der Waals surface area contributed by atoms with Gasteiger partial charge < -0.3 is 38.9 Å². The molecule has 2 aliphatic rings. The summed E-state index contributed by atoms with van der Waals surface area (Å²) in [5, 5.41) is 0. The van der Waals surface area contributed by atoms with Crippen molar-refractivity contribution in [2.75, 3.05) is 27.1 Å². The highest BCUT2D eigenvalue weighted by Gasteiger charge is 2.45. The number of carbonyl (C=O) groups excluding carboxylic acids is 2. The number of fused-ring (bicyclic) bond motifs is 2. The van der Waals surface area contributed by atoms with Gasteiger partial charge >= 0.3 is 11.9 Å². The van der Waals surface area contributed by atoms with Gasteiger partial charge in [0, 0.05) is 25.6 Å². The van der Waals surface area contributed by atoms with Crippen molar-refractivity contribution in [3.05, 3.63) is 77.4 Å². The predicted octanol–water partition coefficient (Wildman–Crippen LogP) is 4.91. The molecule has 0 amide bonds. The fourth-order valence-electron chi connectivity index (χ4n) is 4.87. The lowest BCUT2D eigenvalue weighted by molar-refractivity contribution is -0.152. The van der Waals surface area contributed by atoms with Crippen LogP contribution in [0.15, 0.2) is 60.7 Å². The van der Waals surface area contributed by atoms with Crippen LogP contribution >= 0.6 is 0 Å². The summed E-state index contributed by atoms with van der Waals surface area (Å²) in [5.41, 5.74) is 6.84. The number of esters is 2. The summed E-state index contributed by atoms with van der Waals surface area (Å²) in [4.78, 5) is 26.7. The Morgan fingerprint density at radius 1 is 1.07 bits per heavy atom. The third-order valence-corrected chi connectivity index (χ3v) is 7.13. The van der Waals surface area contributed by atoms with Gasteiger partial charge in [-0.2, -0.15) is 0 Å². The van der Waals surface area contributed by atoms with Crippen molar-refractivity contribution in [2.45, 2.75) is 64.3 Å². The second-order valence-corrected chi connectivity index (χ2v) is 10.9. The molecule has 0 radical (unpaired) electrons. The number of cyclic esters (lactones) is 1. The van der Waals surface area contributed by atoms with Gasteiger partial charge in [-0.25, -0.2) is 9.59 Å². The molecule has 232 valence electrons. The number of carbonyl (C=O) groups is 2. The minimum Gasteiger partial charge on any atom is -0.492 e. The van der Waals surface area contributed by atoms with Crippen LogP contribution in [0.3, 0.4) is 0 Å². The number of rotatable bonds is 8. The van der Waals surface area contributed by atoms with Crippen molar-refractivity contribution in [3.8, 4) is 11.5 Å². The van der Waals surface area contributed by atoms with Crippen molar-refractivity contribution in [3.63, 3.8) is 0 Å². The fourth-order valence-corrected chi connectivity index (χ4v) is 4.87. The monoisotopic (exact) mass is 595 g/mol. The van der Waals surface area contributed by atoms with Crippen LogP contribution in [0.2, 0.25) is 0 Å². The molecule has 1 unspecified atom stereocenters. The van der Waals surface area contributed by atoms with Gasteiger partial charge in [-0.05, 0) is 57.0 Å². The van der Waals surface area contributed by atoms with E-state index < -0.39 is 42.1 Å². The molecule has 0 saturated carbocycles. The van der Waals surface area contributed by atoms with E-state index in [0.717, 1.165) is 0 Å². The normalized spacial score (nSPS) is 26.7. The predicted molar refractivity (Wildman–Crippen MR) is 160 cm³/mol. The highest BCUT2D eigenvalue weighted by molar-refractivity contribution is 5.97. The van der Waals surface area contributed by atoms with Crippen LogP contribution in [0.1, 0.15) is 60.4 Å². The van der Waals surface area contributed by atoms with Crippen molar-refractivity contribution in [1.82, 2.24) is 0 Å². The Morgan fingerprint density at radius 3 is 2.56 bits per heavy atom. The average molecular weight is 596 g/mol. The second kappa shape index (κ2) is 14.7. The molecule has 2 heterocycles. The van der Waals surface area contributed by atoms with E-state index in [1.54, 1.807) is 55.5 Å². The van der Waals surface area contributed by atoms with Gasteiger partial charge in [-0.3, -0.25) is 0 Å². The van der Waals surface area contributed by atoms with Gasteiger partial charge in [-0.15, -0.1) is 0 Å². The number of nitrogens with two attached hydrogens (primary N) is 1. The van der Waals surface area contributed by atoms with Crippen molar-refractivity contribution < 1.29 is 42.7 Å². The zero-order valence-electron chi connectivity index (χ0n) is 25.3. The molecule has 10 heteroatoms. The standard InChI is InChI=1S/C33H41NO9/c1-21-14-15-26(41-31(35)23-10-7-6-8-11-23)30-27(42-33(3,4)43-30)13-9-12-24-18-25(38-17-16-34)19-28(39-20-37-5)29(24)32(36)40-22(21)2/h6-12,14-15,18-19,21-22,26-27,30H,13,16-17,20,34H2,1-5H3/b12-9+,15-14-/t21-,22+,26?,27+,30-/m1/s1. The maximum absolute atomic E-state index is 13.6. The molecule has 0 aliphatic carbocycles. The van der Waals surface area contributed by atoms with Gasteiger partial charge in [0.05, 0.1) is 11.7 Å². The van der Waals surface area contributed by atoms with Gasteiger partial charge in [0.15, 0.2) is 12.6 Å². The van der Waals surface area contributed by atoms with Gasteiger partial charge in [-0.1, -0.05) is 43.4 Å². The van der Waals surface area contributed by atoms with E-state index in [0.29, 0.717) is 29.8 Å². The molecule has 0 aromatic heterocycles. The van der Waals surface area contributed by atoms with Crippen LogP contribution in [0.5, 0.6) is 11.5 Å². The number of ether oxygens (including phenoxy) is 7. The largest absolute Gasteiger partial charge is 0.492 e. The second-order valence-electron chi connectivity index (χ2n) is 10.9. The lowest BCUT2D eigenvalue weighted by Crippen LogP contribution is -2.37. The van der Waals surface area contributed by atoms with Crippen LogP contribution in [-0.2, 0) is 23.7 Å². The minimum atomic E-state index is -0.914. The van der Waals surface area contributed by atoms with E-state index in [9.17, 15) is 9.59 Å². The highest BCUT2D eigenvalue weighted by atomic mass is 16.8. The van der Waals surface area contributed by atoms with Gasteiger partial charge in [0.1, 0.15) is 42.0 Å². The van der Waals surface area contributed by atoms with E-state index in [4.69, 9.17) is 38.9 Å². The summed E-state index contributed by atoms with van der Waals surface area (Å²) < 4.78 is 41.1. The van der Waals surface area contributed by atoms with Crippen molar-refractivity contribution >= 4 is 18.0 Å². The molecule has 2 aromatic rings. The van der Waals surface area contributed by atoms with E-state index >= 15 is 0 Å². The van der Waals surface area contributed by atoms with E-state index in [1.165, 1.54) is 7.11 Å². The van der Waals surface area contributed by atoms with Crippen molar-refractivity contribution in [1.29, 1.82) is 0 Å². The van der Waals surface area contributed by atoms with E-state index in [1.807, 2.05) is 39.0 Å². The first kappa shape index (κ1) is 32.2. The Morgan fingerprint density at radius 2 is 1.84 bits per heavy atom. The van der Waals surface area contributed by atoms with Gasteiger partial charge in [0.25, 0.3) is 0 Å². The Bertz CT molecular complexity index is 1310. The molecule has 1 saturated heterocycles. The molecule has 2 aliphatic heterocycles. The molecular weight excluding hydrogens is 554 g/mol. The summed E-state index contributed by atoms with van der Waals surface area (Å²) in [6.45, 7) is 7.88. The Hall–Kier alpha value is -3.70. The maximum Gasteiger partial charge on any atom is 0.342 e. The van der Waals surface area contributed by atoms with Gasteiger partial charge in [0.2, 0.25) is 0 Å². The Kier molecular flexibility index (Phi) is 11.0. The average Bonchev–Trinajstić information content (AvgIpc) is 3.30. The molecule has 43 heavy (non-hydrogen) atoms. The first-order valence-corrected chi connectivity index (χ1v) is 14.4. The number of hydrogen-bond donors (Lipinski definition) is 1. The molecule has 1 fully saturated rings. The van der Waals surface area contributed by atoms with Crippen LogP contribution < -0.4 is 15.2 Å². The third-order valence-electron chi connectivity index (χ3n) is 7.13. The first-order chi connectivity index (χ1) is 20.6. The van der Waals surface area contributed by atoms with Crippen LogP contribution in [0.4, 0.5) is 0 Å². The number of hydrogen-bond acceptors (Lipinski definition) is 10. The van der Waals surface area contributed by atoms with Crippen LogP contribution in [0.25, 0.3) is 6.08 Å². The van der Waals surface area contributed by atoms with E-state index in [2.05, 4.69) is 0 Å². The zero-order valence-corrected chi connectivity index (χ0v) is 25.3. The number of benzene rings is 2. The molecular formula is C33H41NO9. The molecule has 2 N–H and O–H groups in total. The highest BCUT2D eigenvalue weighted by Crippen LogP contribution is 2.36. The summed E-state index contributed by atoms with van der Waals surface area (Å²) in [7, 11) is 1.49. The molecule has 0 spiro atoms. The van der Waals surface area contributed by atoms with Crippen LogP contribution in [0, 0.1) is 5.92 Å². The number of methoxy groups -OCH3 is 1. The Labute approximate surface area is 252 Å². The lowest BCUT2D eigenvalue weighted by Gasteiger charge is -2.25. The third kappa shape index (κ3) is 8.45. The SMILES string of the molecule is COCOc1cc(OCCN)cc2c1C(=O)O[C@@H](C)[C@H](C)/C=C\C(OC(=O)c1ccccc1)[C@H]1OC(C)(C)O[C@H]1C/C=C/2. The molecule has 2 aromatic carbocycles. The topological polar surface area (TPSA) is 125 Å². The zero-order chi connectivity index (χ0) is 31.0. The summed E-state index contributed by atoms with van der Waals surface area (Å²) >= 11 is 0. The molecule has 10 nitrogen and oxygen atoms in total. The lowest BCUT2D eigenvalue weighted by atomic mass is 9.98. The smallest absolute Gasteiger partial charge is 0.342 e. The summed E-state index contributed by atoms with van der Waals surface area (Å²) in [6, 6.07) is 12.1. The molecule has 5 atom stereocenters. The van der Waals surface area contributed by atoms with Crippen molar-refractivity contribution in [2.24, 2.45) is 11.7 Å². The summed E-state index contributed by atoms with van der Waals surface area (Å²) in [6.07, 6.45) is 5.34. The Balaban J connectivity index is 1.74. The van der Waals surface area contributed by atoms with Crippen LogP contribution in [-0.4, -0.2) is 69.2 Å². The molecule has 4 rings (SSSR count). The minimum absolute atomic E-state index is 0.0778. The first-order valence-electron chi connectivity index (χ1n) is 14.4.